The molecule has 0 radical (unpaired) electrons. The Morgan fingerprint density at radius 3 is 2.10 bits per heavy atom. The summed E-state index contributed by atoms with van der Waals surface area (Å²) in [6.45, 7) is 1.11. The van der Waals surface area contributed by atoms with Crippen molar-refractivity contribution in [2.24, 2.45) is 0 Å². The van der Waals surface area contributed by atoms with Crippen molar-refractivity contribution in [1.82, 2.24) is 0 Å². The van der Waals surface area contributed by atoms with Gasteiger partial charge in [-0.05, 0) is 71.6 Å². The average Bonchev–Trinajstić information content (AvgIpc) is 3.46. The number of hydrogen-bond donors (Lipinski definition) is 0. The van der Waals surface area contributed by atoms with E-state index >= 15 is 0 Å². The number of aryl methyl sites for hydroxylation is 2. The lowest BCUT2D eigenvalue weighted by molar-refractivity contribution is -0.686. The maximum atomic E-state index is 5.94. The van der Waals surface area contributed by atoms with E-state index in [9.17, 15) is 0 Å². The summed E-state index contributed by atoms with van der Waals surface area (Å²) in [5.41, 5.74) is 7.46. The van der Waals surface area contributed by atoms with Gasteiger partial charge in [0, 0.05) is 32.2 Å². The second-order valence-corrected chi connectivity index (χ2v) is 12.2. The van der Waals surface area contributed by atoms with E-state index < -0.39 is 0 Å². The summed E-state index contributed by atoms with van der Waals surface area (Å²) in [5, 5.41) is 2.19. The summed E-state index contributed by atoms with van der Waals surface area (Å²) in [6.07, 6.45) is 3.92. The van der Waals surface area contributed by atoms with Crippen LogP contribution in [0.25, 0.3) is 22.0 Å². The van der Waals surface area contributed by atoms with Gasteiger partial charge in [-0.1, -0.05) is 56.1 Å². The van der Waals surface area contributed by atoms with Gasteiger partial charge in [0.1, 0.15) is 0 Å². The first-order valence-corrected chi connectivity index (χ1v) is 15.2. The number of benzene rings is 4. The summed E-state index contributed by atoms with van der Waals surface area (Å²) >= 11 is 7.25. The van der Waals surface area contributed by atoms with Gasteiger partial charge in [-0.25, -0.2) is 0 Å². The molecule has 206 valence electrons. The summed E-state index contributed by atoms with van der Waals surface area (Å²) in [4.78, 5) is 0. The zero-order valence-electron chi connectivity index (χ0n) is 22.7. The molecule has 2 aliphatic heterocycles. The summed E-state index contributed by atoms with van der Waals surface area (Å²) in [5.74, 6) is 3.23. The topological polar surface area (TPSA) is 40.8 Å². The van der Waals surface area contributed by atoms with E-state index in [1.165, 1.54) is 33.5 Å². The quantitative estimate of drug-likeness (QED) is 0.171. The number of aromatic nitrogens is 1. The zero-order valence-corrected chi connectivity index (χ0v) is 25.9. The average molecular weight is 674 g/mol. The maximum absolute atomic E-state index is 5.94. The number of nitrogens with zero attached hydrogens (tertiary/aromatic N) is 1. The third-order valence-electron chi connectivity index (χ3n) is 8.20. The number of halogens is 2. The molecule has 4 aromatic carbocycles. The normalized spacial score (nSPS) is 13.3. The third-order valence-corrected chi connectivity index (χ3v) is 9.25. The molecule has 0 amide bonds. The molecule has 0 N–H and O–H groups in total. The lowest BCUT2D eigenvalue weighted by Gasteiger charge is -2.24. The van der Waals surface area contributed by atoms with Crippen LogP contribution in [0.2, 0.25) is 0 Å². The van der Waals surface area contributed by atoms with Gasteiger partial charge in [-0.15, -0.1) is 0 Å². The van der Waals surface area contributed by atoms with Crippen molar-refractivity contribution in [1.29, 1.82) is 0 Å². The molecule has 0 fully saturated rings. The Morgan fingerprint density at radius 1 is 0.805 bits per heavy atom. The monoisotopic (exact) mass is 672 g/mol. The Balaban J connectivity index is 1.50. The van der Waals surface area contributed by atoms with Crippen LogP contribution in [0.5, 0.6) is 23.0 Å². The van der Waals surface area contributed by atoms with E-state index in [2.05, 4.69) is 109 Å². The molecule has 0 spiro atoms. The Morgan fingerprint density at radius 2 is 1.46 bits per heavy atom. The minimum Gasteiger partial charge on any atom is -0.493 e. The molecule has 0 saturated heterocycles. The highest BCUT2D eigenvalue weighted by atomic mass is 79.9. The molecule has 0 unspecified atom stereocenters. The number of methoxy groups -OCH3 is 2. The van der Waals surface area contributed by atoms with Crippen molar-refractivity contribution in [3.05, 3.63) is 110 Å². The fourth-order valence-electron chi connectivity index (χ4n) is 6.24. The number of ether oxygens (including phenoxy) is 4. The van der Waals surface area contributed by atoms with Crippen LogP contribution in [0.3, 0.4) is 0 Å². The molecule has 7 heteroatoms. The Labute approximate surface area is 255 Å². The molecule has 0 saturated carbocycles. The molecule has 2 aliphatic rings. The first-order chi connectivity index (χ1) is 20.0. The Kier molecular flexibility index (Phi) is 6.87. The number of rotatable bonds is 6. The van der Waals surface area contributed by atoms with Crippen LogP contribution in [0.4, 0.5) is 0 Å². The van der Waals surface area contributed by atoms with E-state index in [0.29, 0.717) is 0 Å². The van der Waals surface area contributed by atoms with Crippen LogP contribution in [0.15, 0.2) is 87.9 Å². The van der Waals surface area contributed by atoms with Gasteiger partial charge in [0.25, 0.3) is 0 Å². The largest absolute Gasteiger partial charge is 0.493 e. The molecule has 0 bridgehead atoms. The highest BCUT2D eigenvalue weighted by Gasteiger charge is 2.33. The van der Waals surface area contributed by atoms with Gasteiger partial charge in [0.2, 0.25) is 12.5 Å². The second kappa shape index (κ2) is 10.7. The highest BCUT2D eigenvalue weighted by molar-refractivity contribution is 9.10. The predicted octanol–water partition coefficient (Wildman–Crippen LogP) is 8.00. The molecule has 0 atom stereocenters. The van der Waals surface area contributed by atoms with Crippen LogP contribution in [-0.2, 0) is 19.4 Å². The lowest BCUT2D eigenvalue weighted by Crippen LogP contribution is -2.41. The molecular formula is C34H28Br2NO4+. The summed E-state index contributed by atoms with van der Waals surface area (Å²) in [6, 6.07) is 25.9. The number of pyridine rings is 1. The summed E-state index contributed by atoms with van der Waals surface area (Å²) in [7, 11) is 3.40. The van der Waals surface area contributed by atoms with Gasteiger partial charge < -0.3 is 18.9 Å². The van der Waals surface area contributed by atoms with Crippen LogP contribution in [0.1, 0.15) is 28.2 Å². The van der Waals surface area contributed by atoms with Crippen molar-refractivity contribution in [3.8, 4) is 34.3 Å². The smallest absolute Gasteiger partial charge is 0.231 e. The fraction of sp³-hybridized carbons (Fsp3) is 0.206. The van der Waals surface area contributed by atoms with Crippen molar-refractivity contribution in [2.75, 3.05) is 21.0 Å². The van der Waals surface area contributed by atoms with Crippen LogP contribution >= 0.6 is 31.9 Å². The first-order valence-electron chi connectivity index (χ1n) is 13.6. The summed E-state index contributed by atoms with van der Waals surface area (Å²) < 4.78 is 27.7. The molecule has 5 nitrogen and oxygen atoms in total. The van der Waals surface area contributed by atoms with Crippen LogP contribution in [0, 0.1) is 0 Å². The van der Waals surface area contributed by atoms with Crippen LogP contribution in [-0.4, -0.2) is 21.0 Å². The number of fused-ring (bicyclic) bond motifs is 5. The predicted molar refractivity (Wildman–Crippen MR) is 166 cm³/mol. The lowest BCUT2D eigenvalue weighted by atomic mass is 9.82. The SMILES string of the molecule is COc1ccc2c(CC(c3ccc(Br)cc3)c3ccc(Br)cc3)c3[n+](cc2c1OC)CCc1cc2c(cc1-3)OCO2. The standard InChI is InChI=1S/C34H28Br2NO4/c1-38-30-12-11-25-28(16-26(20-3-7-23(35)8-4-20)21-5-9-24(36)10-6-21)33-27-17-32-31(40-19-41-32)15-22(27)13-14-37(33)18-29(25)34(30)39-2/h3-12,15,17-18,26H,13-14,16,19H2,1-2H3/q+1. The molecule has 41 heavy (non-hydrogen) atoms. The molecule has 1 aromatic heterocycles. The minimum atomic E-state index is 0.124. The molecule has 7 rings (SSSR count). The van der Waals surface area contributed by atoms with Crippen molar-refractivity contribution < 1.29 is 23.5 Å². The minimum absolute atomic E-state index is 0.124. The Hall–Kier alpha value is -3.55. The fourth-order valence-corrected chi connectivity index (χ4v) is 6.77. The molecule has 5 aromatic rings. The van der Waals surface area contributed by atoms with Crippen molar-refractivity contribution in [3.63, 3.8) is 0 Å². The molecule has 3 heterocycles. The Bertz CT molecular complexity index is 1740. The van der Waals surface area contributed by atoms with E-state index in [1.807, 2.05) is 6.07 Å². The van der Waals surface area contributed by atoms with E-state index in [0.717, 1.165) is 62.1 Å². The third kappa shape index (κ3) is 4.65. The van der Waals surface area contributed by atoms with E-state index in [4.69, 9.17) is 18.9 Å². The molecular weight excluding hydrogens is 646 g/mol. The molecule has 0 aliphatic carbocycles. The van der Waals surface area contributed by atoms with Crippen molar-refractivity contribution in [2.45, 2.75) is 25.3 Å². The van der Waals surface area contributed by atoms with E-state index in [-0.39, 0.29) is 12.7 Å². The zero-order chi connectivity index (χ0) is 28.1. The van der Waals surface area contributed by atoms with Crippen molar-refractivity contribution >= 4 is 42.6 Å². The van der Waals surface area contributed by atoms with Crippen LogP contribution < -0.4 is 23.5 Å². The highest BCUT2D eigenvalue weighted by Crippen LogP contribution is 2.45. The second-order valence-electron chi connectivity index (χ2n) is 10.4. The van der Waals surface area contributed by atoms with Gasteiger partial charge >= 0.3 is 0 Å². The van der Waals surface area contributed by atoms with E-state index in [1.54, 1.807) is 14.2 Å². The van der Waals surface area contributed by atoms with Gasteiger partial charge in [0.05, 0.1) is 25.2 Å². The number of hydrogen-bond acceptors (Lipinski definition) is 4. The van der Waals surface area contributed by atoms with Gasteiger partial charge in [0.15, 0.2) is 35.7 Å². The maximum Gasteiger partial charge on any atom is 0.231 e. The van der Waals surface area contributed by atoms with Gasteiger partial charge in [-0.2, -0.15) is 4.57 Å². The first kappa shape index (κ1) is 26.4. The van der Waals surface area contributed by atoms with Gasteiger partial charge in [-0.3, -0.25) is 0 Å².